The maximum atomic E-state index is 11.9. The molecule has 0 aliphatic carbocycles. The van der Waals surface area contributed by atoms with E-state index in [0.29, 0.717) is 0 Å². The van der Waals surface area contributed by atoms with Crippen molar-refractivity contribution in [3.8, 4) is 0 Å². The van der Waals surface area contributed by atoms with Gasteiger partial charge in [-0.25, -0.2) is 4.70 Å². The number of hydrogen-bond acceptors (Lipinski definition) is 0. The van der Waals surface area contributed by atoms with E-state index in [2.05, 4.69) is 102 Å². The standard InChI is InChI=1S/C52H82N2.2C19H39.Ni/c1-5-9-12-13-14-15-16-17-18-19-20-21-22-23-24-25-26-27-28-29-30-31-32-33-39-50-49(8-4)52(48-38-34-37-46(44-48)36-11-7-3)54(53)51(50)47-42-40-45(41-43-47)35-10-6-2;2*1-3-5-7-9-11-13-15-17-19-18-16-14-12-10-8-6-4-2;/h33-34,37-44H,5-32,35-36H2,1-4H3;2*1,3-19H2,2H3;. The molecule has 0 radical (unpaired) electrons. The van der Waals surface area contributed by atoms with Crippen LogP contribution in [0.15, 0.2) is 71.8 Å². The molecule has 1 heterocycles. The molecule has 2 nitrogen and oxygen atoms in total. The fraction of sp³-hybridized carbons (Fsp3) is 0.800. The van der Waals surface area contributed by atoms with Gasteiger partial charge in [0.05, 0.1) is 5.57 Å². The van der Waals surface area contributed by atoms with E-state index in [4.69, 9.17) is 0 Å². The van der Waals surface area contributed by atoms with Crippen molar-refractivity contribution in [1.82, 2.24) is 0 Å². The van der Waals surface area contributed by atoms with E-state index < -0.39 is 0 Å². The summed E-state index contributed by atoms with van der Waals surface area (Å²) in [5.41, 5.74) is 21.1. The van der Waals surface area contributed by atoms with Crippen LogP contribution in [-0.4, -0.2) is 4.70 Å². The molecule has 0 saturated carbocycles. The number of aryl methyl sites for hydroxylation is 2. The number of nitrogens with zero attached hydrogens (tertiary/aromatic N) is 2. The summed E-state index contributed by atoms with van der Waals surface area (Å²) in [6.45, 7) is 13.7. The molecule has 3 rings (SSSR count). The Morgan fingerprint density at radius 2 is 0.602 bits per heavy atom. The zero-order chi connectivity index (χ0) is 66.6. The van der Waals surface area contributed by atoms with Gasteiger partial charge in [0, 0.05) is 16.7 Å². The Morgan fingerprint density at radius 1 is 0.301 bits per heavy atom. The molecular weight excluding hydrogens is 1170 g/mol. The second-order valence-electron chi connectivity index (χ2n) is 29.3. The van der Waals surface area contributed by atoms with Gasteiger partial charge in [0.1, 0.15) is 0 Å². The minimum absolute atomic E-state index is 0.878. The molecule has 1 aliphatic rings. The van der Waals surface area contributed by atoms with Gasteiger partial charge >= 0.3 is 166 Å². The Kier molecular flexibility index (Phi) is 63.8. The molecule has 540 valence electrons. The Morgan fingerprint density at radius 3 is 0.925 bits per heavy atom. The summed E-state index contributed by atoms with van der Waals surface area (Å²) in [5.74, 6) is 0. The molecule has 0 saturated heterocycles. The van der Waals surface area contributed by atoms with Crippen molar-refractivity contribution in [2.45, 2.75) is 463 Å². The molecule has 0 N–H and O–H groups in total. The monoisotopic (exact) mass is 1330 g/mol. The molecule has 0 fully saturated rings. The van der Waals surface area contributed by atoms with Crippen molar-refractivity contribution < 1.29 is 19.1 Å². The first-order valence-electron chi connectivity index (χ1n) is 42.3. The van der Waals surface area contributed by atoms with Crippen LogP contribution in [0.1, 0.15) is 462 Å². The first kappa shape index (κ1) is 86.8. The van der Waals surface area contributed by atoms with Crippen LogP contribution in [0.3, 0.4) is 0 Å². The predicted molar refractivity (Wildman–Crippen MR) is 417 cm³/mol. The molecule has 0 atom stereocenters. The molecular formula is C90H160N2Ni. The van der Waals surface area contributed by atoms with E-state index in [1.54, 1.807) is 0 Å². The molecule has 93 heavy (non-hydrogen) atoms. The van der Waals surface area contributed by atoms with E-state index in [1.807, 2.05) is 14.4 Å². The van der Waals surface area contributed by atoms with Gasteiger partial charge in [-0.2, -0.15) is 0 Å². The van der Waals surface area contributed by atoms with Crippen molar-refractivity contribution in [3.63, 3.8) is 0 Å². The Bertz CT molecular complexity index is 1970. The number of allylic oxidation sites excluding steroid dienone is 4. The van der Waals surface area contributed by atoms with Gasteiger partial charge < -0.3 is 5.53 Å². The average molecular weight is 1330 g/mol. The molecule has 3 heteroatoms. The van der Waals surface area contributed by atoms with Crippen molar-refractivity contribution in [2.75, 3.05) is 0 Å². The van der Waals surface area contributed by atoms with E-state index >= 15 is 0 Å². The van der Waals surface area contributed by atoms with Gasteiger partial charge in [0.15, 0.2) is 0 Å². The van der Waals surface area contributed by atoms with E-state index in [0.717, 1.165) is 48.2 Å². The summed E-state index contributed by atoms with van der Waals surface area (Å²) in [6.07, 6.45) is 95.1. The smallest absolute Gasteiger partial charge is 0.0654 e. The fourth-order valence-electron chi connectivity index (χ4n) is 14.1. The number of benzene rings is 2. The summed E-state index contributed by atoms with van der Waals surface area (Å²) in [5, 5.41) is 2.87. The first-order valence-corrected chi connectivity index (χ1v) is 43.7. The van der Waals surface area contributed by atoms with Gasteiger partial charge in [0.2, 0.25) is 11.4 Å². The van der Waals surface area contributed by atoms with Crippen LogP contribution < -0.4 is 0 Å². The second kappa shape index (κ2) is 68.3. The third-order valence-electron chi connectivity index (χ3n) is 20.4. The summed E-state index contributed by atoms with van der Waals surface area (Å²) in [6, 6.07) is 17.8. The quantitative estimate of drug-likeness (QED) is 0.0358. The minimum atomic E-state index is 0.878. The molecule has 2 aromatic carbocycles. The van der Waals surface area contributed by atoms with E-state index in [1.165, 1.54) is 423 Å². The summed E-state index contributed by atoms with van der Waals surface area (Å²) < 4.78 is 1.50. The number of rotatable bonds is 69. The molecule has 0 unspecified atom stereocenters. The summed E-state index contributed by atoms with van der Waals surface area (Å²) >= 11 is 2.05. The van der Waals surface area contributed by atoms with Crippen molar-refractivity contribution in [2.24, 2.45) is 0 Å². The molecule has 0 bridgehead atoms. The topological polar surface area (TPSA) is 25.3 Å². The van der Waals surface area contributed by atoms with Crippen LogP contribution in [0, 0.1) is 0 Å². The maximum absolute atomic E-state index is 11.9. The van der Waals surface area contributed by atoms with E-state index in [9.17, 15) is 5.53 Å². The number of unbranched alkanes of at least 4 members (excludes halogenated alkanes) is 56. The Hall–Kier alpha value is -2.25. The average Bonchev–Trinajstić information content (AvgIpc) is 1.62. The second-order valence-corrected chi connectivity index (χ2v) is 30.7. The third-order valence-corrected chi connectivity index (χ3v) is 21.8. The van der Waals surface area contributed by atoms with E-state index in [-0.39, 0.29) is 0 Å². The van der Waals surface area contributed by atoms with Gasteiger partial charge in [0.25, 0.3) is 0 Å². The van der Waals surface area contributed by atoms with Crippen molar-refractivity contribution in [1.29, 1.82) is 0 Å². The molecule has 0 aromatic heterocycles. The summed E-state index contributed by atoms with van der Waals surface area (Å²) in [7, 11) is 0. The Labute approximate surface area is 589 Å². The zero-order valence-electron chi connectivity index (χ0n) is 63.7. The van der Waals surface area contributed by atoms with Crippen LogP contribution in [0.2, 0.25) is 10.8 Å². The van der Waals surface area contributed by atoms with Gasteiger partial charge in [-0.15, -0.1) is 0 Å². The minimum Gasteiger partial charge on any atom is -0.0654 e. The van der Waals surface area contributed by atoms with Crippen molar-refractivity contribution >= 4 is 11.4 Å². The Balaban J connectivity index is 0.000000670. The fourth-order valence-corrected chi connectivity index (χ4v) is 15.4. The third kappa shape index (κ3) is 49.8. The van der Waals surface area contributed by atoms with Gasteiger partial charge in [-0.05, 0) is 80.3 Å². The first-order chi connectivity index (χ1) is 46.1. The molecule has 2 aromatic rings. The summed E-state index contributed by atoms with van der Waals surface area (Å²) in [4.78, 5) is 0. The predicted octanol–water partition coefficient (Wildman–Crippen LogP) is 32.7. The van der Waals surface area contributed by atoms with Crippen LogP contribution in [0.5, 0.6) is 0 Å². The normalized spacial score (nSPS) is 12.6. The molecule has 0 amide bonds. The van der Waals surface area contributed by atoms with Gasteiger partial charge in [-0.3, -0.25) is 0 Å². The van der Waals surface area contributed by atoms with Crippen molar-refractivity contribution in [3.05, 3.63) is 99.6 Å². The molecule has 0 spiro atoms. The van der Waals surface area contributed by atoms with Crippen LogP contribution in [-0.2, 0) is 27.3 Å². The van der Waals surface area contributed by atoms with Crippen LogP contribution in [0.25, 0.3) is 16.9 Å². The number of hydrogen-bond donors (Lipinski definition) is 0. The zero-order valence-corrected chi connectivity index (χ0v) is 64.6. The van der Waals surface area contributed by atoms with Gasteiger partial charge in [-0.1, -0.05) is 303 Å². The van der Waals surface area contributed by atoms with Crippen LogP contribution in [0.4, 0.5) is 0 Å². The SMILES string of the molecule is CCCCCCCCCCCCCCCCCCCCCCCCC=CC1=C(c2ccc(CCCC)cc2)[N+](=[N-])C(c2cccc(CCCC)c2)=C1CC.CCCCCCCCCCCCCCCCCC[CH2][Ni][CH2]CCCCCCCCCCCCCCCCCC. The van der Waals surface area contributed by atoms with Crippen LogP contribution >= 0.6 is 0 Å². The molecule has 1 aliphatic heterocycles.